The third-order valence-corrected chi connectivity index (χ3v) is 3.51. The summed E-state index contributed by atoms with van der Waals surface area (Å²) >= 11 is 0. The molecular weight excluding hydrogens is 194 g/mol. The van der Waals surface area contributed by atoms with Crippen LogP contribution in [0.2, 0.25) is 0 Å². The van der Waals surface area contributed by atoms with Gasteiger partial charge in [-0.2, -0.15) is 0 Å². The van der Waals surface area contributed by atoms with Gasteiger partial charge in [0.25, 0.3) is 0 Å². The van der Waals surface area contributed by atoms with Crippen LogP contribution in [0.4, 0.5) is 0 Å². The van der Waals surface area contributed by atoms with Crippen LogP contribution >= 0.6 is 0 Å². The SMILES string of the molecule is CC1CCCN(C(=O)C2(C(=O)O)CC2)C1. The van der Waals surface area contributed by atoms with Gasteiger partial charge in [-0.3, -0.25) is 9.59 Å². The zero-order valence-corrected chi connectivity index (χ0v) is 9.03. The first-order valence-electron chi connectivity index (χ1n) is 5.59. The molecule has 0 aromatic heterocycles. The number of aliphatic carboxylic acids is 1. The summed E-state index contributed by atoms with van der Waals surface area (Å²) in [7, 11) is 0. The number of rotatable bonds is 2. The molecular formula is C11H17NO3. The highest BCUT2D eigenvalue weighted by molar-refractivity contribution is 6.04. The molecule has 0 bridgehead atoms. The number of carbonyl (C=O) groups excluding carboxylic acids is 1. The van der Waals surface area contributed by atoms with Crippen LogP contribution < -0.4 is 0 Å². The number of amides is 1. The Hall–Kier alpha value is -1.06. The lowest BCUT2D eigenvalue weighted by Crippen LogP contribution is -2.45. The van der Waals surface area contributed by atoms with Gasteiger partial charge in [0.05, 0.1) is 0 Å². The summed E-state index contributed by atoms with van der Waals surface area (Å²) in [4.78, 5) is 24.8. The summed E-state index contributed by atoms with van der Waals surface area (Å²) in [6.07, 6.45) is 3.19. The van der Waals surface area contributed by atoms with E-state index in [1.165, 1.54) is 0 Å². The van der Waals surface area contributed by atoms with Gasteiger partial charge >= 0.3 is 5.97 Å². The van der Waals surface area contributed by atoms with Crippen LogP contribution in [0, 0.1) is 11.3 Å². The maximum atomic E-state index is 12.0. The fourth-order valence-corrected chi connectivity index (χ4v) is 2.32. The third kappa shape index (κ3) is 1.73. The summed E-state index contributed by atoms with van der Waals surface area (Å²) in [6.45, 7) is 3.58. The second-order valence-corrected chi connectivity index (χ2v) is 4.89. The molecule has 4 heteroatoms. The van der Waals surface area contributed by atoms with E-state index in [9.17, 15) is 9.59 Å². The van der Waals surface area contributed by atoms with Gasteiger partial charge in [0.1, 0.15) is 5.41 Å². The zero-order valence-electron chi connectivity index (χ0n) is 9.03. The number of hydrogen-bond donors (Lipinski definition) is 1. The van der Waals surface area contributed by atoms with Crippen molar-refractivity contribution in [3.8, 4) is 0 Å². The van der Waals surface area contributed by atoms with E-state index in [2.05, 4.69) is 6.92 Å². The number of nitrogens with zero attached hydrogens (tertiary/aromatic N) is 1. The summed E-state index contributed by atoms with van der Waals surface area (Å²) in [6, 6.07) is 0. The Labute approximate surface area is 89.3 Å². The van der Waals surface area contributed by atoms with Gasteiger partial charge in [-0.25, -0.2) is 0 Å². The van der Waals surface area contributed by atoms with E-state index in [4.69, 9.17) is 5.11 Å². The van der Waals surface area contributed by atoms with Crippen LogP contribution in [0.3, 0.4) is 0 Å². The lowest BCUT2D eigenvalue weighted by molar-refractivity contribution is -0.154. The maximum Gasteiger partial charge on any atom is 0.319 e. The van der Waals surface area contributed by atoms with Gasteiger partial charge < -0.3 is 10.0 Å². The molecule has 1 saturated carbocycles. The summed E-state index contributed by atoms with van der Waals surface area (Å²) in [5.41, 5.74) is -1.04. The second kappa shape index (κ2) is 3.51. The minimum atomic E-state index is -1.04. The van der Waals surface area contributed by atoms with E-state index in [-0.39, 0.29) is 5.91 Å². The molecule has 1 saturated heterocycles. The highest BCUT2D eigenvalue weighted by atomic mass is 16.4. The van der Waals surface area contributed by atoms with Crippen LogP contribution in [-0.4, -0.2) is 35.0 Å². The number of carbonyl (C=O) groups is 2. The second-order valence-electron chi connectivity index (χ2n) is 4.89. The molecule has 4 nitrogen and oxygen atoms in total. The first kappa shape index (κ1) is 10.5. The van der Waals surface area contributed by atoms with Gasteiger partial charge in [0.2, 0.25) is 5.91 Å². The van der Waals surface area contributed by atoms with Crippen molar-refractivity contribution in [2.45, 2.75) is 32.6 Å². The smallest absolute Gasteiger partial charge is 0.319 e. The molecule has 1 amide bonds. The van der Waals surface area contributed by atoms with Gasteiger partial charge in [-0.15, -0.1) is 0 Å². The molecule has 1 heterocycles. The monoisotopic (exact) mass is 211 g/mol. The Morgan fingerprint density at radius 2 is 2.07 bits per heavy atom. The van der Waals surface area contributed by atoms with Crippen LogP contribution in [0.25, 0.3) is 0 Å². The molecule has 2 rings (SSSR count). The fraction of sp³-hybridized carbons (Fsp3) is 0.818. The third-order valence-electron chi connectivity index (χ3n) is 3.51. The number of piperidine rings is 1. The van der Waals surface area contributed by atoms with E-state index >= 15 is 0 Å². The summed E-state index contributed by atoms with van der Waals surface area (Å²) in [5.74, 6) is -0.584. The first-order chi connectivity index (χ1) is 7.06. The Bertz CT molecular complexity index is 296. The standard InChI is InChI=1S/C11H17NO3/c1-8-3-2-6-12(7-8)9(13)11(4-5-11)10(14)15/h8H,2-7H2,1H3,(H,14,15). The molecule has 1 unspecified atom stereocenters. The zero-order chi connectivity index (χ0) is 11.1. The molecule has 2 fully saturated rings. The van der Waals surface area contributed by atoms with Gasteiger partial charge in [-0.1, -0.05) is 6.92 Å². The minimum Gasteiger partial charge on any atom is -0.480 e. The molecule has 0 spiro atoms. The van der Waals surface area contributed by atoms with E-state index in [0.717, 1.165) is 25.9 Å². The van der Waals surface area contributed by atoms with Gasteiger partial charge in [0, 0.05) is 13.1 Å². The Morgan fingerprint density at radius 1 is 1.40 bits per heavy atom. The largest absolute Gasteiger partial charge is 0.480 e. The van der Waals surface area contributed by atoms with Crippen molar-refractivity contribution in [3.05, 3.63) is 0 Å². The van der Waals surface area contributed by atoms with E-state index in [1.807, 2.05) is 0 Å². The number of carboxylic acid groups (broad SMARTS) is 1. The highest BCUT2D eigenvalue weighted by Crippen LogP contribution is 2.47. The Balaban J connectivity index is 2.04. The van der Waals surface area contributed by atoms with Gasteiger partial charge in [-0.05, 0) is 31.6 Å². The van der Waals surface area contributed by atoms with Crippen molar-refractivity contribution in [2.24, 2.45) is 11.3 Å². The number of carboxylic acids is 1. The number of likely N-dealkylation sites (tertiary alicyclic amines) is 1. The molecule has 1 aliphatic carbocycles. The Kier molecular flexibility index (Phi) is 2.44. The quantitative estimate of drug-likeness (QED) is 0.696. The van der Waals surface area contributed by atoms with Crippen LogP contribution in [-0.2, 0) is 9.59 Å². The topological polar surface area (TPSA) is 57.6 Å². The van der Waals surface area contributed by atoms with Crippen molar-refractivity contribution in [2.75, 3.05) is 13.1 Å². The van der Waals surface area contributed by atoms with Crippen molar-refractivity contribution < 1.29 is 14.7 Å². The normalized spacial score (nSPS) is 28.6. The van der Waals surface area contributed by atoms with Crippen molar-refractivity contribution >= 4 is 11.9 Å². The van der Waals surface area contributed by atoms with Gasteiger partial charge in [0.15, 0.2) is 0 Å². The molecule has 15 heavy (non-hydrogen) atoms. The van der Waals surface area contributed by atoms with E-state index in [0.29, 0.717) is 18.8 Å². The van der Waals surface area contributed by atoms with Crippen LogP contribution in [0.1, 0.15) is 32.6 Å². The Morgan fingerprint density at radius 3 is 2.53 bits per heavy atom. The maximum absolute atomic E-state index is 12.0. The van der Waals surface area contributed by atoms with Crippen molar-refractivity contribution in [3.63, 3.8) is 0 Å². The predicted molar refractivity (Wildman–Crippen MR) is 54.3 cm³/mol. The van der Waals surface area contributed by atoms with E-state index < -0.39 is 11.4 Å². The van der Waals surface area contributed by atoms with Crippen molar-refractivity contribution in [1.29, 1.82) is 0 Å². The highest BCUT2D eigenvalue weighted by Gasteiger charge is 2.58. The number of hydrogen-bond acceptors (Lipinski definition) is 2. The average molecular weight is 211 g/mol. The molecule has 0 radical (unpaired) electrons. The van der Waals surface area contributed by atoms with E-state index in [1.54, 1.807) is 4.90 Å². The lowest BCUT2D eigenvalue weighted by atomic mass is 9.97. The molecule has 84 valence electrons. The van der Waals surface area contributed by atoms with Crippen molar-refractivity contribution in [1.82, 2.24) is 4.90 Å². The molecule has 2 aliphatic rings. The van der Waals surface area contributed by atoms with Crippen LogP contribution in [0.15, 0.2) is 0 Å². The summed E-state index contributed by atoms with van der Waals surface area (Å²) in [5, 5.41) is 9.02. The predicted octanol–water partition coefficient (Wildman–Crippen LogP) is 1.11. The lowest BCUT2D eigenvalue weighted by Gasteiger charge is -2.32. The first-order valence-corrected chi connectivity index (χ1v) is 5.59. The summed E-state index contributed by atoms with van der Waals surface area (Å²) < 4.78 is 0. The van der Waals surface area contributed by atoms with Crippen LogP contribution in [0.5, 0.6) is 0 Å². The molecule has 1 N–H and O–H groups in total. The molecule has 1 atom stereocenters. The molecule has 1 aliphatic heterocycles. The minimum absolute atomic E-state index is 0.151. The average Bonchev–Trinajstić information content (AvgIpc) is 2.97. The molecule has 0 aromatic rings. The molecule has 0 aromatic carbocycles. The fourth-order valence-electron chi connectivity index (χ4n) is 2.32.